The van der Waals surface area contributed by atoms with E-state index in [0.717, 1.165) is 17.1 Å². The van der Waals surface area contributed by atoms with Crippen molar-refractivity contribution >= 4 is 142 Å². The Balaban J connectivity index is 0.000000107. The van der Waals surface area contributed by atoms with Crippen LogP contribution in [0.1, 0.15) is 0 Å². The van der Waals surface area contributed by atoms with Crippen molar-refractivity contribution in [2.45, 2.75) is 0 Å². The normalized spacial score (nSPS) is 11.7. The van der Waals surface area contributed by atoms with Gasteiger partial charge in [-0.05, 0) is 277 Å². The van der Waals surface area contributed by atoms with Gasteiger partial charge in [0.25, 0.3) is 0 Å². The molecule has 0 aliphatic heterocycles. The average molecular weight is 1810 g/mol. The molecular weight excluding hydrogens is 1720 g/mol. The highest BCUT2D eigenvalue weighted by atomic mass is 15.0. The first-order valence-corrected chi connectivity index (χ1v) is 48.8. The molecule has 664 valence electrons. The van der Waals surface area contributed by atoms with Crippen molar-refractivity contribution < 1.29 is 0 Å². The Morgan fingerprint density at radius 2 is 0.282 bits per heavy atom. The van der Waals surface area contributed by atoms with Crippen molar-refractivity contribution in [3.63, 3.8) is 0 Å². The molecule has 0 saturated heterocycles. The van der Waals surface area contributed by atoms with E-state index in [1.165, 1.54) is 237 Å². The van der Waals surface area contributed by atoms with Crippen LogP contribution in [0.25, 0.3) is 254 Å². The van der Waals surface area contributed by atoms with E-state index in [-0.39, 0.29) is 0 Å². The molecule has 29 rings (SSSR count). The van der Waals surface area contributed by atoms with Gasteiger partial charge in [0.1, 0.15) is 0 Å². The van der Waals surface area contributed by atoms with E-state index in [1.807, 2.05) is 0 Å². The third kappa shape index (κ3) is 14.3. The van der Waals surface area contributed by atoms with Gasteiger partial charge in [0.05, 0.1) is 66.2 Å². The first-order valence-electron chi connectivity index (χ1n) is 48.8. The maximum Gasteiger partial charge on any atom is 0.0541 e. The Labute approximate surface area is 821 Å². The molecule has 0 unspecified atom stereocenters. The minimum atomic E-state index is 1.15. The van der Waals surface area contributed by atoms with Crippen molar-refractivity contribution in [3.05, 3.63) is 546 Å². The molecule has 6 heterocycles. The molecule has 0 bridgehead atoms. The Morgan fingerprint density at radius 3 is 0.577 bits per heavy atom. The van der Waals surface area contributed by atoms with E-state index in [4.69, 9.17) is 0 Å². The highest BCUT2D eigenvalue weighted by Crippen LogP contribution is 2.46. The van der Waals surface area contributed by atoms with Gasteiger partial charge in [-0.1, -0.05) is 358 Å². The van der Waals surface area contributed by atoms with Crippen molar-refractivity contribution in [2.75, 3.05) is 0 Å². The number of rotatable bonds is 13. The molecular formula is C136H90N6. The summed E-state index contributed by atoms with van der Waals surface area (Å²) in [6.45, 7) is 0. The molecule has 0 atom stereocenters. The molecule has 29 aromatic rings. The van der Waals surface area contributed by atoms with Crippen LogP contribution in [0.2, 0.25) is 0 Å². The Hall–Kier alpha value is -18.9. The van der Waals surface area contributed by atoms with Crippen molar-refractivity contribution in [1.82, 2.24) is 27.4 Å². The second-order valence-electron chi connectivity index (χ2n) is 37.0. The average Bonchev–Trinajstić information content (AvgIpc) is 1.60. The fraction of sp³-hybridized carbons (Fsp3) is 0. The maximum atomic E-state index is 2.43. The topological polar surface area (TPSA) is 29.6 Å². The van der Waals surface area contributed by atoms with Crippen LogP contribution in [0.5, 0.6) is 0 Å². The van der Waals surface area contributed by atoms with Gasteiger partial charge >= 0.3 is 0 Å². The van der Waals surface area contributed by atoms with Crippen LogP contribution >= 0.6 is 0 Å². The standard InChI is InChI=1S/2C48H32N2.C40H26N2/c1-4-14-33(15-5-1)37-28-38(34-16-6-2-7-17-34)30-40(29-37)50-46-23-13-11-21-42(46)44-32-36(25-27-48(44)50)35-24-26-47-43(31-35)41-20-10-12-22-45(41)49(47)39-18-8-3-9-19-39;1-3-13-33(14-4-1)35-17-11-19-39(29-35)49-45-23-9-7-21-41(45)43-31-37(25-27-47(43)49)38-26-28-48-44(32-38)42-22-8-10-24-46(42)50(48)40-20-12-18-36(30-40)34-15-5-2-6-16-34;1-2-12-31(13-3-1)41-37-16-8-6-14-33(37)35-25-29(19-22-39(35)41)30-20-23-40-36(26-30)34-15-7-9-17-38(34)42(40)32-21-18-27-10-4-5-11-28(27)24-32/h2*1-32H;1-26H. The molecule has 0 radical (unpaired) electrons. The molecule has 23 aromatic carbocycles. The first-order chi connectivity index (χ1) is 70.4. The van der Waals surface area contributed by atoms with Gasteiger partial charge in [-0.15, -0.1) is 0 Å². The lowest BCUT2D eigenvalue weighted by atomic mass is 9.98. The zero-order valence-electron chi connectivity index (χ0n) is 77.6. The maximum absolute atomic E-state index is 2.43. The molecule has 6 heteroatoms. The van der Waals surface area contributed by atoms with Crippen LogP contribution in [-0.4, -0.2) is 27.4 Å². The number of para-hydroxylation sites is 8. The summed E-state index contributed by atoms with van der Waals surface area (Å²) in [5.41, 5.74) is 38.5. The number of hydrogen-bond donors (Lipinski definition) is 0. The fourth-order valence-corrected chi connectivity index (χ4v) is 22.3. The molecule has 0 spiro atoms. The third-order valence-corrected chi connectivity index (χ3v) is 28.9. The quantitative estimate of drug-likeness (QED) is 0.110. The van der Waals surface area contributed by atoms with Crippen LogP contribution in [0.4, 0.5) is 0 Å². The van der Waals surface area contributed by atoms with Crippen molar-refractivity contribution in [1.29, 1.82) is 0 Å². The summed E-state index contributed by atoms with van der Waals surface area (Å²) in [6, 6.07) is 198. The van der Waals surface area contributed by atoms with E-state index in [2.05, 4.69) is 573 Å². The predicted molar refractivity (Wildman–Crippen MR) is 601 cm³/mol. The van der Waals surface area contributed by atoms with Gasteiger partial charge in [0, 0.05) is 98.8 Å². The summed E-state index contributed by atoms with van der Waals surface area (Å²) in [5, 5.41) is 17.6. The van der Waals surface area contributed by atoms with Gasteiger partial charge in [0.15, 0.2) is 0 Å². The van der Waals surface area contributed by atoms with E-state index in [1.54, 1.807) is 0 Å². The molecule has 0 aliphatic rings. The summed E-state index contributed by atoms with van der Waals surface area (Å²) < 4.78 is 14.4. The minimum absolute atomic E-state index is 1.15. The molecule has 0 aliphatic carbocycles. The van der Waals surface area contributed by atoms with Crippen LogP contribution in [0.15, 0.2) is 546 Å². The monoisotopic (exact) mass is 1810 g/mol. The number of fused-ring (bicyclic) bond motifs is 19. The molecule has 142 heavy (non-hydrogen) atoms. The minimum Gasteiger partial charge on any atom is -0.309 e. The highest BCUT2D eigenvalue weighted by molar-refractivity contribution is 6.17. The highest BCUT2D eigenvalue weighted by Gasteiger charge is 2.24. The molecule has 6 aromatic heterocycles. The Bertz CT molecular complexity index is 9710. The number of hydrogen-bond acceptors (Lipinski definition) is 0. The Morgan fingerprint density at radius 1 is 0.0845 bits per heavy atom. The van der Waals surface area contributed by atoms with Crippen LogP contribution in [0, 0.1) is 0 Å². The summed E-state index contributed by atoms with van der Waals surface area (Å²) in [6.07, 6.45) is 0. The summed E-state index contributed by atoms with van der Waals surface area (Å²) in [4.78, 5) is 0. The molecule has 0 N–H and O–H groups in total. The van der Waals surface area contributed by atoms with E-state index in [0.29, 0.717) is 0 Å². The van der Waals surface area contributed by atoms with Gasteiger partial charge in [-0.25, -0.2) is 0 Å². The van der Waals surface area contributed by atoms with Crippen molar-refractivity contribution in [3.8, 4) is 112 Å². The zero-order chi connectivity index (χ0) is 93.7. The summed E-state index contributed by atoms with van der Waals surface area (Å²) >= 11 is 0. The lowest BCUT2D eigenvalue weighted by Crippen LogP contribution is -1.96. The van der Waals surface area contributed by atoms with Crippen molar-refractivity contribution in [2.24, 2.45) is 0 Å². The van der Waals surface area contributed by atoms with Crippen LogP contribution in [-0.2, 0) is 0 Å². The van der Waals surface area contributed by atoms with Gasteiger partial charge in [-0.2, -0.15) is 0 Å². The summed E-state index contributed by atoms with van der Waals surface area (Å²) in [7, 11) is 0. The lowest BCUT2D eigenvalue weighted by molar-refractivity contribution is 1.18. The van der Waals surface area contributed by atoms with Crippen LogP contribution in [0.3, 0.4) is 0 Å². The fourth-order valence-electron chi connectivity index (χ4n) is 22.3. The molecule has 0 saturated carbocycles. The van der Waals surface area contributed by atoms with Gasteiger partial charge in [-0.3, -0.25) is 0 Å². The second kappa shape index (κ2) is 34.7. The third-order valence-electron chi connectivity index (χ3n) is 28.9. The van der Waals surface area contributed by atoms with Gasteiger partial charge in [0.2, 0.25) is 0 Å². The van der Waals surface area contributed by atoms with E-state index in [9.17, 15) is 0 Å². The first kappa shape index (κ1) is 82.6. The molecule has 6 nitrogen and oxygen atoms in total. The smallest absolute Gasteiger partial charge is 0.0541 e. The lowest BCUT2D eigenvalue weighted by Gasteiger charge is -2.14. The SMILES string of the molecule is c1ccc(-c2cc(-c3ccccc3)cc(-n3c4ccccc4c4cc(-c5ccc6c(c5)c5ccccc5n6-c5ccccc5)ccc43)c2)cc1.c1ccc(-c2cccc(-n3c4ccccc4c4cc(-c5ccc6c(c5)c5ccccc5n6-c5cccc(-c6ccccc6)c5)ccc43)c2)cc1.c1ccc(-n2c3ccccc3c3cc(-c4ccc5c(c4)c4ccccc4n5-c4ccc5ccccc5c4)ccc32)cc1. The Kier molecular flexibility index (Phi) is 20.2. The number of benzene rings is 23. The molecule has 0 amide bonds. The van der Waals surface area contributed by atoms with Gasteiger partial charge < -0.3 is 27.4 Å². The van der Waals surface area contributed by atoms with E-state index >= 15 is 0 Å². The largest absolute Gasteiger partial charge is 0.309 e. The second-order valence-corrected chi connectivity index (χ2v) is 37.0. The van der Waals surface area contributed by atoms with E-state index < -0.39 is 0 Å². The summed E-state index contributed by atoms with van der Waals surface area (Å²) in [5.74, 6) is 0. The predicted octanol–water partition coefficient (Wildman–Crippen LogP) is 36.5. The number of aromatic nitrogens is 6. The molecule has 0 fully saturated rings. The zero-order valence-corrected chi connectivity index (χ0v) is 77.6. The van der Waals surface area contributed by atoms with Crippen LogP contribution < -0.4 is 0 Å². The number of nitrogens with zero attached hydrogens (tertiary/aromatic N) is 6.